The average molecular weight is 546 g/mol. The van der Waals surface area contributed by atoms with Crippen LogP contribution in [0.4, 0.5) is 39.5 Å². The Labute approximate surface area is 189 Å². The summed E-state index contributed by atoms with van der Waals surface area (Å²) >= 11 is 0. The van der Waals surface area contributed by atoms with Crippen LogP contribution in [0.15, 0.2) is 21.7 Å². The van der Waals surface area contributed by atoms with Crippen LogP contribution in [0.25, 0.3) is 11.0 Å². The molecule has 0 bridgehead atoms. The number of H-pyrrole nitrogens is 1. The summed E-state index contributed by atoms with van der Waals surface area (Å²) < 4.78 is 145. The molecule has 1 aromatic carbocycles. The lowest BCUT2D eigenvalue weighted by Gasteiger charge is -2.26. The van der Waals surface area contributed by atoms with Crippen LogP contribution in [-0.4, -0.2) is 41.2 Å². The molecule has 0 fully saturated rings. The van der Waals surface area contributed by atoms with Gasteiger partial charge in [-0.2, -0.15) is 39.5 Å². The fourth-order valence-electron chi connectivity index (χ4n) is 2.89. The highest BCUT2D eigenvalue weighted by Crippen LogP contribution is 2.50. The third kappa shape index (κ3) is 6.58. The second kappa shape index (κ2) is 9.85. The van der Waals surface area contributed by atoms with E-state index < -0.39 is 72.0 Å². The normalized spacial score (nSPS) is 13.6. The maximum atomic E-state index is 13.5. The monoisotopic (exact) mass is 546 g/mol. The number of fused-ring (bicyclic) bond motifs is 1. The Kier molecular flexibility index (Phi) is 8.08. The first-order chi connectivity index (χ1) is 15.8. The summed E-state index contributed by atoms with van der Waals surface area (Å²) in [6.07, 6.45) is -23.6. The van der Waals surface area contributed by atoms with Crippen LogP contribution >= 0.6 is 7.60 Å². The van der Waals surface area contributed by atoms with Gasteiger partial charge in [0.25, 0.3) is 6.10 Å². The molecule has 0 amide bonds. The van der Waals surface area contributed by atoms with Gasteiger partial charge in [0.1, 0.15) is 12.0 Å². The van der Waals surface area contributed by atoms with Gasteiger partial charge in [-0.25, -0.2) is 0 Å². The number of halogens is 9. The van der Waals surface area contributed by atoms with E-state index >= 15 is 0 Å². The quantitative estimate of drug-likeness (QED) is 0.290. The zero-order valence-corrected chi connectivity index (χ0v) is 18.5. The van der Waals surface area contributed by atoms with Crippen LogP contribution in [0, 0.1) is 0 Å². The Hall–Kier alpha value is -2.52. The molecule has 1 aromatic heterocycles. The average Bonchev–Trinajstić information content (AvgIpc) is 2.67. The van der Waals surface area contributed by atoms with Gasteiger partial charge in [-0.05, 0) is 19.9 Å². The number of alkyl halides is 9. The van der Waals surface area contributed by atoms with E-state index in [4.69, 9.17) is 9.05 Å². The number of aromatic nitrogens is 2. The first-order valence-corrected chi connectivity index (χ1v) is 11.1. The highest BCUT2D eigenvalue weighted by molar-refractivity contribution is 7.52. The maximum absolute atomic E-state index is 13.5. The minimum absolute atomic E-state index is 0.0158. The topological polar surface area (TPSA) is 99.6 Å². The highest BCUT2D eigenvalue weighted by Gasteiger charge is 2.59. The summed E-state index contributed by atoms with van der Waals surface area (Å²) in [4.78, 5) is 26.1. The van der Waals surface area contributed by atoms with E-state index in [9.17, 15) is 53.7 Å². The standard InChI is InChI=1S/C17H16F9N2O6P/c1-3-32-35(31,33-4-2)7-28-10-6-11(34-14(16(21,22)23)17(24,25)26)8(15(18,19)20)5-9(10)27-12(29)13(28)30/h5-6,14H,3-4,7H2,1-2H3,(H,27,29). The Morgan fingerprint density at radius 1 is 0.943 bits per heavy atom. The number of hydrogen-bond acceptors (Lipinski definition) is 6. The summed E-state index contributed by atoms with van der Waals surface area (Å²) in [6, 6.07) is 0.0281. The second-order valence-corrected chi connectivity index (χ2v) is 8.74. The van der Waals surface area contributed by atoms with Crippen LogP contribution in [0.1, 0.15) is 19.4 Å². The lowest BCUT2D eigenvalue weighted by atomic mass is 10.1. The van der Waals surface area contributed by atoms with E-state index in [0.717, 1.165) is 0 Å². The molecule has 0 aliphatic heterocycles. The van der Waals surface area contributed by atoms with Gasteiger partial charge in [-0.1, -0.05) is 0 Å². The molecule has 0 atom stereocenters. The third-order valence-electron chi connectivity index (χ3n) is 4.19. The first kappa shape index (κ1) is 28.7. The molecular formula is C17H16F9N2O6P. The maximum Gasteiger partial charge on any atom is 0.434 e. The Morgan fingerprint density at radius 2 is 1.46 bits per heavy atom. The Bertz CT molecular complexity index is 1210. The van der Waals surface area contributed by atoms with Gasteiger partial charge < -0.3 is 18.8 Å². The number of rotatable bonds is 8. The van der Waals surface area contributed by atoms with Crippen molar-refractivity contribution in [3.8, 4) is 5.75 Å². The van der Waals surface area contributed by atoms with Gasteiger partial charge >= 0.3 is 37.2 Å². The summed E-state index contributed by atoms with van der Waals surface area (Å²) in [5, 5.41) is 0. The lowest BCUT2D eigenvalue weighted by Crippen LogP contribution is -2.46. The first-order valence-electron chi connectivity index (χ1n) is 9.40. The molecule has 0 aliphatic rings. The van der Waals surface area contributed by atoms with Crippen molar-refractivity contribution in [2.45, 2.75) is 44.8 Å². The number of ether oxygens (including phenoxy) is 1. The predicted octanol–water partition coefficient (Wildman–Crippen LogP) is 4.80. The zero-order chi connectivity index (χ0) is 27.0. The van der Waals surface area contributed by atoms with E-state index in [1.165, 1.54) is 13.8 Å². The number of nitrogens with zero attached hydrogens (tertiary/aromatic N) is 1. The van der Waals surface area contributed by atoms with Gasteiger partial charge in [0.15, 0.2) is 0 Å². The SMILES string of the molecule is CCOP(=O)(Cn1c(=O)c(=O)[nH]c2cc(C(F)(F)F)c(OC(C(F)(F)F)C(F)(F)F)cc21)OCC. The number of hydrogen-bond donors (Lipinski definition) is 1. The molecule has 2 aromatic rings. The second-order valence-electron chi connectivity index (χ2n) is 6.72. The van der Waals surface area contributed by atoms with E-state index in [1.54, 1.807) is 4.98 Å². The predicted molar refractivity (Wildman–Crippen MR) is 101 cm³/mol. The number of aromatic amines is 1. The summed E-state index contributed by atoms with van der Waals surface area (Å²) in [6.45, 7) is 2.22. The Balaban J connectivity index is 2.89. The molecule has 0 aliphatic carbocycles. The summed E-state index contributed by atoms with van der Waals surface area (Å²) in [5.74, 6) is -1.95. The molecule has 0 saturated heterocycles. The van der Waals surface area contributed by atoms with Gasteiger partial charge in [0, 0.05) is 6.07 Å². The molecule has 1 N–H and O–H groups in total. The fourth-order valence-corrected chi connectivity index (χ4v) is 4.54. The molecule has 18 heteroatoms. The zero-order valence-electron chi connectivity index (χ0n) is 17.6. The van der Waals surface area contributed by atoms with Crippen molar-refractivity contribution in [2.24, 2.45) is 0 Å². The smallest absolute Gasteiger partial charge is 0.434 e. The highest BCUT2D eigenvalue weighted by atomic mass is 31.2. The van der Waals surface area contributed by atoms with Crippen LogP contribution in [0.3, 0.4) is 0 Å². The van der Waals surface area contributed by atoms with Crippen molar-refractivity contribution >= 4 is 18.6 Å². The Morgan fingerprint density at radius 3 is 1.89 bits per heavy atom. The van der Waals surface area contributed by atoms with Gasteiger partial charge in [-0.15, -0.1) is 0 Å². The molecule has 0 saturated carbocycles. The minimum Gasteiger partial charge on any atom is -0.471 e. The molecule has 2 rings (SSSR count). The number of nitrogens with one attached hydrogen (secondary N) is 1. The van der Waals surface area contributed by atoms with Crippen LogP contribution in [-0.2, 0) is 26.1 Å². The molecular weight excluding hydrogens is 530 g/mol. The molecule has 0 unspecified atom stereocenters. The van der Waals surface area contributed by atoms with E-state index in [0.29, 0.717) is 0 Å². The summed E-state index contributed by atoms with van der Waals surface area (Å²) in [7, 11) is -4.25. The van der Waals surface area contributed by atoms with Crippen molar-refractivity contribution in [1.82, 2.24) is 9.55 Å². The molecule has 198 valence electrons. The molecule has 35 heavy (non-hydrogen) atoms. The molecule has 0 radical (unpaired) electrons. The van der Waals surface area contributed by atoms with Crippen LogP contribution in [0.2, 0.25) is 0 Å². The van der Waals surface area contributed by atoms with Crippen molar-refractivity contribution in [2.75, 3.05) is 13.2 Å². The van der Waals surface area contributed by atoms with Gasteiger partial charge in [-0.3, -0.25) is 18.7 Å². The van der Waals surface area contributed by atoms with Crippen molar-refractivity contribution in [3.63, 3.8) is 0 Å². The fraction of sp³-hybridized carbons (Fsp3) is 0.529. The lowest BCUT2D eigenvalue weighted by molar-refractivity contribution is -0.300. The molecule has 1 heterocycles. The van der Waals surface area contributed by atoms with Gasteiger partial charge in [0.05, 0.1) is 29.8 Å². The van der Waals surface area contributed by atoms with Gasteiger partial charge in [0.2, 0.25) is 0 Å². The van der Waals surface area contributed by atoms with Crippen LogP contribution in [0.5, 0.6) is 5.75 Å². The molecule has 0 spiro atoms. The third-order valence-corrected chi connectivity index (χ3v) is 6.12. The van der Waals surface area contributed by atoms with E-state index in [-0.39, 0.29) is 29.9 Å². The minimum atomic E-state index is -6.17. The van der Waals surface area contributed by atoms with Crippen LogP contribution < -0.4 is 15.9 Å². The van der Waals surface area contributed by atoms with Crippen molar-refractivity contribution in [3.05, 3.63) is 38.4 Å². The van der Waals surface area contributed by atoms with E-state index in [2.05, 4.69) is 4.74 Å². The number of benzene rings is 1. The largest absolute Gasteiger partial charge is 0.471 e. The van der Waals surface area contributed by atoms with Crippen molar-refractivity contribution in [1.29, 1.82) is 0 Å². The van der Waals surface area contributed by atoms with E-state index in [1.807, 2.05) is 0 Å². The van der Waals surface area contributed by atoms with Crippen molar-refractivity contribution < 1.29 is 57.9 Å². The molecule has 8 nitrogen and oxygen atoms in total. The summed E-state index contributed by atoms with van der Waals surface area (Å²) in [5.41, 5.74) is -6.85.